The number of rotatable bonds is 5. The maximum absolute atomic E-state index is 11.3. The first-order valence-corrected chi connectivity index (χ1v) is 5.88. The van der Waals surface area contributed by atoms with E-state index in [1.54, 1.807) is 0 Å². The first-order valence-electron chi connectivity index (χ1n) is 5.88. The molecule has 4 heteroatoms. The van der Waals surface area contributed by atoms with E-state index in [2.05, 4.69) is 15.5 Å². The quantitative estimate of drug-likeness (QED) is 0.678. The van der Waals surface area contributed by atoms with Crippen molar-refractivity contribution in [2.45, 2.75) is 19.8 Å². The predicted octanol–water partition coefficient (Wildman–Crippen LogP) is 0.0539. The van der Waals surface area contributed by atoms with Crippen molar-refractivity contribution in [1.82, 2.24) is 15.5 Å². The fourth-order valence-electron chi connectivity index (χ4n) is 2.07. The van der Waals surface area contributed by atoms with Crippen molar-refractivity contribution in [3.63, 3.8) is 0 Å². The van der Waals surface area contributed by atoms with E-state index < -0.39 is 0 Å². The number of carbonyl (C=O) groups excluding carboxylic acids is 1. The maximum atomic E-state index is 11.3. The molecule has 0 radical (unpaired) electrons. The number of nitrogens with one attached hydrogen (secondary N) is 2. The van der Waals surface area contributed by atoms with E-state index in [0.29, 0.717) is 6.54 Å². The molecule has 0 aromatic heterocycles. The molecule has 2 N–H and O–H groups in total. The first kappa shape index (κ1) is 12.5. The van der Waals surface area contributed by atoms with Crippen LogP contribution in [0.2, 0.25) is 0 Å². The number of piperidine rings is 1. The lowest BCUT2D eigenvalue weighted by Crippen LogP contribution is -2.39. The standard InChI is InChI=1S/C11H23N3O/c1-3-13-11(15)9-14(2)8-10-4-6-12-7-5-10/h10,12H,3-9H2,1-2H3,(H,13,15). The molecule has 1 amide bonds. The topological polar surface area (TPSA) is 44.4 Å². The van der Waals surface area contributed by atoms with E-state index >= 15 is 0 Å². The van der Waals surface area contributed by atoms with Crippen LogP contribution in [0, 0.1) is 5.92 Å². The minimum atomic E-state index is 0.133. The van der Waals surface area contributed by atoms with Crippen LogP contribution in [-0.4, -0.2) is 50.6 Å². The molecular formula is C11H23N3O. The predicted molar refractivity (Wildman–Crippen MR) is 61.8 cm³/mol. The van der Waals surface area contributed by atoms with Gasteiger partial charge < -0.3 is 10.6 Å². The normalized spacial score (nSPS) is 18.1. The maximum Gasteiger partial charge on any atom is 0.234 e. The minimum absolute atomic E-state index is 0.133. The summed E-state index contributed by atoms with van der Waals surface area (Å²) < 4.78 is 0. The lowest BCUT2D eigenvalue weighted by atomic mass is 9.98. The Bertz CT molecular complexity index is 190. The Labute approximate surface area is 92.4 Å². The fraction of sp³-hybridized carbons (Fsp3) is 0.909. The lowest BCUT2D eigenvalue weighted by molar-refractivity contribution is -0.122. The third kappa shape index (κ3) is 5.14. The average Bonchev–Trinajstić information content (AvgIpc) is 2.19. The van der Waals surface area contributed by atoms with Crippen LogP contribution in [0.1, 0.15) is 19.8 Å². The average molecular weight is 213 g/mol. The smallest absolute Gasteiger partial charge is 0.234 e. The molecule has 0 bridgehead atoms. The summed E-state index contributed by atoms with van der Waals surface area (Å²) >= 11 is 0. The van der Waals surface area contributed by atoms with Crippen LogP contribution in [0.5, 0.6) is 0 Å². The van der Waals surface area contributed by atoms with Gasteiger partial charge in [-0.05, 0) is 45.8 Å². The molecule has 0 aromatic rings. The van der Waals surface area contributed by atoms with Crippen LogP contribution in [-0.2, 0) is 4.79 Å². The van der Waals surface area contributed by atoms with Gasteiger partial charge in [-0.2, -0.15) is 0 Å². The molecule has 88 valence electrons. The Morgan fingerprint density at radius 1 is 1.47 bits per heavy atom. The highest BCUT2D eigenvalue weighted by Gasteiger charge is 2.15. The zero-order valence-corrected chi connectivity index (χ0v) is 9.88. The van der Waals surface area contributed by atoms with Crippen LogP contribution in [0.15, 0.2) is 0 Å². The summed E-state index contributed by atoms with van der Waals surface area (Å²) in [6.07, 6.45) is 2.47. The third-order valence-corrected chi connectivity index (χ3v) is 2.82. The summed E-state index contributed by atoms with van der Waals surface area (Å²) in [6.45, 7) is 6.49. The summed E-state index contributed by atoms with van der Waals surface area (Å²) in [5.41, 5.74) is 0. The van der Waals surface area contributed by atoms with Crippen molar-refractivity contribution < 1.29 is 4.79 Å². The van der Waals surface area contributed by atoms with Gasteiger partial charge >= 0.3 is 0 Å². The molecule has 0 unspecified atom stereocenters. The van der Waals surface area contributed by atoms with Gasteiger partial charge in [0.2, 0.25) is 5.91 Å². The van der Waals surface area contributed by atoms with Crippen molar-refractivity contribution in [3.8, 4) is 0 Å². The van der Waals surface area contributed by atoms with Crippen molar-refractivity contribution in [3.05, 3.63) is 0 Å². The molecule has 15 heavy (non-hydrogen) atoms. The van der Waals surface area contributed by atoms with Gasteiger partial charge in [0.05, 0.1) is 6.54 Å². The molecule has 0 saturated carbocycles. The molecule has 4 nitrogen and oxygen atoms in total. The summed E-state index contributed by atoms with van der Waals surface area (Å²) in [6, 6.07) is 0. The second-order valence-corrected chi connectivity index (χ2v) is 4.34. The molecule has 0 aromatic carbocycles. The second kappa shape index (κ2) is 6.80. The largest absolute Gasteiger partial charge is 0.355 e. The van der Waals surface area contributed by atoms with Crippen LogP contribution < -0.4 is 10.6 Å². The van der Waals surface area contributed by atoms with E-state index in [1.165, 1.54) is 12.8 Å². The van der Waals surface area contributed by atoms with Crippen molar-refractivity contribution in [2.24, 2.45) is 5.92 Å². The van der Waals surface area contributed by atoms with E-state index in [-0.39, 0.29) is 5.91 Å². The highest BCUT2D eigenvalue weighted by atomic mass is 16.1. The zero-order chi connectivity index (χ0) is 11.1. The van der Waals surface area contributed by atoms with E-state index in [1.807, 2.05) is 14.0 Å². The van der Waals surface area contributed by atoms with E-state index in [4.69, 9.17) is 0 Å². The molecule has 1 saturated heterocycles. The Morgan fingerprint density at radius 2 is 2.13 bits per heavy atom. The number of likely N-dealkylation sites (N-methyl/N-ethyl adjacent to an activating group) is 2. The molecule has 0 atom stereocenters. The van der Waals surface area contributed by atoms with Gasteiger partial charge in [0.1, 0.15) is 0 Å². The molecule has 1 aliphatic rings. The Kier molecular flexibility index (Phi) is 5.65. The van der Waals surface area contributed by atoms with E-state index in [9.17, 15) is 4.79 Å². The van der Waals surface area contributed by atoms with Crippen LogP contribution in [0.4, 0.5) is 0 Å². The molecular weight excluding hydrogens is 190 g/mol. The summed E-state index contributed by atoms with van der Waals surface area (Å²) in [7, 11) is 2.03. The molecule has 1 aliphatic heterocycles. The summed E-state index contributed by atoms with van der Waals surface area (Å²) in [5, 5.41) is 6.17. The monoisotopic (exact) mass is 213 g/mol. The highest BCUT2D eigenvalue weighted by Crippen LogP contribution is 2.12. The van der Waals surface area contributed by atoms with Gasteiger partial charge in [0.25, 0.3) is 0 Å². The highest BCUT2D eigenvalue weighted by molar-refractivity contribution is 5.77. The van der Waals surface area contributed by atoms with Gasteiger partial charge in [-0.1, -0.05) is 0 Å². The molecule has 0 spiro atoms. The third-order valence-electron chi connectivity index (χ3n) is 2.82. The molecule has 1 fully saturated rings. The van der Waals surface area contributed by atoms with Crippen molar-refractivity contribution in [1.29, 1.82) is 0 Å². The number of hydrogen-bond acceptors (Lipinski definition) is 3. The lowest BCUT2D eigenvalue weighted by Gasteiger charge is -2.27. The Hall–Kier alpha value is -0.610. The number of hydrogen-bond donors (Lipinski definition) is 2. The molecule has 1 rings (SSSR count). The van der Waals surface area contributed by atoms with Crippen molar-refractivity contribution >= 4 is 5.91 Å². The fourth-order valence-corrected chi connectivity index (χ4v) is 2.07. The molecule has 1 heterocycles. The Morgan fingerprint density at radius 3 is 2.73 bits per heavy atom. The SMILES string of the molecule is CCNC(=O)CN(C)CC1CCNCC1. The van der Waals surface area contributed by atoms with Crippen LogP contribution in [0.25, 0.3) is 0 Å². The van der Waals surface area contributed by atoms with Gasteiger partial charge in [0, 0.05) is 13.1 Å². The minimum Gasteiger partial charge on any atom is -0.355 e. The summed E-state index contributed by atoms with van der Waals surface area (Å²) in [5.74, 6) is 0.889. The number of nitrogens with zero attached hydrogens (tertiary/aromatic N) is 1. The van der Waals surface area contributed by atoms with Gasteiger partial charge in [0.15, 0.2) is 0 Å². The number of amides is 1. The zero-order valence-electron chi connectivity index (χ0n) is 9.88. The van der Waals surface area contributed by atoms with Gasteiger partial charge in [-0.15, -0.1) is 0 Å². The van der Waals surface area contributed by atoms with Crippen LogP contribution >= 0.6 is 0 Å². The molecule has 0 aliphatic carbocycles. The van der Waals surface area contributed by atoms with Crippen LogP contribution in [0.3, 0.4) is 0 Å². The second-order valence-electron chi connectivity index (χ2n) is 4.34. The summed E-state index contributed by atoms with van der Waals surface area (Å²) in [4.78, 5) is 13.5. The van der Waals surface area contributed by atoms with E-state index in [0.717, 1.165) is 32.1 Å². The van der Waals surface area contributed by atoms with Crippen molar-refractivity contribution in [2.75, 3.05) is 39.8 Å². The Balaban J connectivity index is 2.16. The number of carbonyl (C=O) groups is 1. The van der Waals surface area contributed by atoms with Gasteiger partial charge in [-0.25, -0.2) is 0 Å². The first-order chi connectivity index (χ1) is 7.22. The van der Waals surface area contributed by atoms with Gasteiger partial charge in [-0.3, -0.25) is 9.69 Å².